The Kier molecular flexibility index (Phi) is 4.81. The molecule has 0 saturated heterocycles. The van der Waals surface area contributed by atoms with Crippen LogP contribution >= 0.6 is 0 Å². The molecular formula is C12H17F3N2. The van der Waals surface area contributed by atoms with Crippen LogP contribution in [-0.4, -0.2) is 26.1 Å². The van der Waals surface area contributed by atoms with Gasteiger partial charge in [0.1, 0.15) is 5.82 Å². The molecule has 0 aromatic heterocycles. The first-order valence-electron chi connectivity index (χ1n) is 5.43. The predicted octanol–water partition coefficient (Wildman–Crippen LogP) is 2.42. The fourth-order valence-electron chi connectivity index (χ4n) is 1.74. The Labute approximate surface area is 99.2 Å². The van der Waals surface area contributed by atoms with Gasteiger partial charge in [-0.05, 0) is 37.1 Å². The number of benzene rings is 1. The lowest BCUT2D eigenvalue weighted by Crippen LogP contribution is -2.26. The van der Waals surface area contributed by atoms with Gasteiger partial charge in [0.05, 0.1) is 6.54 Å². The van der Waals surface area contributed by atoms with Gasteiger partial charge in [0, 0.05) is 18.8 Å². The van der Waals surface area contributed by atoms with E-state index in [4.69, 9.17) is 5.73 Å². The monoisotopic (exact) mass is 246 g/mol. The molecule has 0 heterocycles. The molecule has 0 aliphatic heterocycles. The van der Waals surface area contributed by atoms with Crippen molar-refractivity contribution in [2.75, 3.05) is 18.5 Å². The van der Waals surface area contributed by atoms with E-state index in [1.807, 2.05) is 0 Å². The van der Waals surface area contributed by atoms with Crippen LogP contribution in [0.2, 0.25) is 0 Å². The third-order valence-corrected chi connectivity index (χ3v) is 2.41. The van der Waals surface area contributed by atoms with Crippen LogP contribution in [0.5, 0.6) is 0 Å². The van der Waals surface area contributed by atoms with Crippen molar-refractivity contribution >= 4 is 5.69 Å². The molecule has 5 heteroatoms. The van der Waals surface area contributed by atoms with Crippen molar-refractivity contribution in [3.8, 4) is 0 Å². The average molecular weight is 246 g/mol. The first kappa shape index (κ1) is 13.8. The van der Waals surface area contributed by atoms with Gasteiger partial charge in [0.25, 0.3) is 6.43 Å². The lowest BCUT2D eigenvalue weighted by molar-refractivity contribution is 0.156. The maximum Gasteiger partial charge on any atom is 0.255 e. The van der Waals surface area contributed by atoms with Crippen LogP contribution < -0.4 is 10.6 Å². The van der Waals surface area contributed by atoms with Gasteiger partial charge in [-0.3, -0.25) is 0 Å². The zero-order chi connectivity index (χ0) is 13.0. The Balaban J connectivity index is 2.96. The van der Waals surface area contributed by atoms with Crippen LogP contribution in [0.4, 0.5) is 18.9 Å². The molecule has 2 nitrogen and oxygen atoms in total. The molecule has 2 N–H and O–H groups in total. The summed E-state index contributed by atoms with van der Waals surface area (Å²) in [5, 5.41) is 0. The van der Waals surface area contributed by atoms with E-state index in [0.29, 0.717) is 17.7 Å². The van der Waals surface area contributed by atoms with Crippen LogP contribution in [0.15, 0.2) is 18.2 Å². The quantitative estimate of drug-likeness (QED) is 0.864. The summed E-state index contributed by atoms with van der Waals surface area (Å²) in [6.07, 6.45) is -1.96. The zero-order valence-electron chi connectivity index (χ0n) is 9.96. The summed E-state index contributed by atoms with van der Waals surface area (Å²) >= 11 is 0. The fraction of sp³-hybridized carbons (Fsp3) is 0.500. The Morgan fingerprint density at radius 1 is 1.35 bits per heavy atom. The molecule has 0 aliphatic carbocycles. The number of nitrogens with zero attached hydrogens (tertiary/aromatic N) is 1. The highest BCUT2D eigenvalue weighted by Gasteiger charge is 2.13. The van der Waals surface area contributed by atoms with Crippen LogP contribution in [0.3, 0.4) is 0 Å². The van der Waals surface area contributed by atoms with Gasteiger partial charge in [0.15, 0.2) is 0 Å². The molecule has 17 heavy (non-hydrogen) atoms. The summed E-state index contributed by atoms with van der Waals surface area (Å²) in [4.78, 5) is 1.42. The average Bonchev–Trinajstić information content (AvgIpc) is 2.15. The van der Waals surface area contributed by atoms with E-state index in [0.717, 1.165) is 0 Å². The maximum absolute atomic E-state index is 13.1. The molecule has 0 fully saturated rings. The highest BCUT2D eigenvalue weighted by atomic mass is 19.3. The van der Waals surface area contributed by atoms with E-state index in [1.165, 1.54) is 23.1 Å². The molecule has 0 saturated carbocycles. The maximum atomic E-state index is 13.1. The van der Waals surface area contributed by atoms with E-state index in [-0.39, 0.29) is 18.4 Å². The fourth-order valence-corrected chi connectivity index (χ4v) is 1.74. The van der Waals surface area contributed by atoms with Crippen LogP contribution in [0.1, 0.15) is 12.5 Å². The van der Waals surface area contributed by atoms with Crippen molar-refractivity contribution in [2.45, 2.75) is 25.8 Å². The summed E-state index contributed by atoms with van der Waals surface area (Å²) in [5.41, 5.74) is 6.91. The van der Waals surface area contributed by atoms with Gasteiger partial charge in [-0.2, -0.15) is 0 Å². The second kappa shape index (κ2) is 5.91. The van der Waals surface area contributed by atoms with Crippen molar-refractivity contribution in [3.63, 3.8) is 0 Å². The SMILES string of the molecule is CC(N)Cc1cc(F)ccc1N(C)CC(F)F. The molecular weight excluding hydrogens is 229 g/mol. The number of nitrogens with two attached hydrogens (primary N) is 1. The van der Waals surface area contributed by atoms with Crippen LogP contribution in [0, 0.1) is 5.82 Å². The number of anilines is 1. The largest absolute Gasteiger partial charge is 0.369 e. The second-order valence-corrected chi connectivity index (χ2v) is 4.23. The van der Waals surface area contributed by atoms with E-state index in [2.05, 4.69) is 0 Å². The molecule has 96 valence electrons. The number of hydrogen-bond acceptors (Lipinski definition) is 2. The molecule has 1 unspecified atom stereocenters. The minimum atomic E-state index is -2.42. The highest BCUT2D eigenvalue weighted by Crippen LogP contribution is 2.22. The number of rotatable bonds is 5. The number of hydrogen-bond donors (Lipinski definition) is 1. The normalized spacial score (nSPS) is 12.9. The summed E-state index contributed by atoms with van der Waals surface area (Å²) in [5.74, 6) is -0.380. The van der Waals surface area contributed by atoms with Crippen molar-refractivity contribution in [2.24, 2.45) is 5.73 Å². The summed E-state index contributed by atoms with van der Waals surface area (Å²) in [6, 6.07) is 3.98. The molecule has 1 atom stereocenters. The topological polar surface area (TPSA) is 29.3 Å². The minimum Gasteiger partial charge on any atom is -0.369 e. The van der Waals surface area contributed by atoms with Crippen LogP contribution in [0.25, 0.3) is 0 Å². The number of halogens is 3. The summed E-state index contributed by atoms with van der Waals surface area (Å²) in [7, 11) is 1.56. The molecule has 0 aliphatic rings. The first-order chi connectivity index (χ1) is 7.90. The Hall–Kier alpha value is -1.23. The van der Waals surface area contributed by atoms with E-state index in [9.17, 15) is 13.2 Å². The van der Waals surface area contributed by atoms with Gasteiger partial charge in [-0.25, -0.2) is 13.2 Å². The molecule has 0 spiro atoms. The Morgan fingerprint density at radius 3 is 2.53 bits per heavy atom. The van der Waals surface area contributed by atoms with Crippen LogP contribution in [-0.2, 0) is 6.42 Å². The number of alkyl halides is 2. The lowest BCUT2D eigenvalue weighted by Gasteiger charge is -2.22. The smallest absolute Gasteiger partial charge is 0.255 e. The second-order valence-electron chi connectivity index (χ2n) is 4.23. The lowest BCUT2D eigenvalue weighted by atomic mass is 10.0. The van der Waals surface area contributed by atoms with Gasteiger partial charge in [-0.1, -0.05) is 0 Å². The molecule has 0 amide bonds. The first-order valence-corrected chi connectivity index (χ1v) is 5.43. The van der Waals surface area contributed by atoms with E-state index >= 15 is 0 Å². The van der Waals surface area contributed by atoms with Gasteiger partial charge >= 0.3 is 0 Å². The van der Waals surface area contributed by atoms with Gasteiger partial charge < -0.3 is 10.6 Å². The van der Waals surface area contributed by atoms with Crippen molar-refractivity contribution in [3.05, 3.63) is 29.6 Å². The Morgan fingerprint density at radius 2 is 2.00 bits per heavy atom. The standard InChI is InChI=1S/C12H17F3N2/c1-8(16)5-9-6-10(13)3-4-11(9)17(2)7-12(14)15/h3-4,6,8,12H,5,7,16H2,1-2H3. The third kappa shape index (κ3) is 4.26. The van der Waals surface area contributed by atoms with Crippen molar-refractivity contribution in [1.29, 1.82) is 0 Å². The molecule has 1 rings (SSSR count). The zero-order valence-corrected chi connectivity index (χ0v) is 9.96. The summed E-state index contributed by atoms with van der Waals surface area (Å²) < 4.78 is 37.7. The Bertz CT molecular complexity index is 367. The molecule has 1 aromatic carbocycles. The predicted molar refractivity (Wildman–Crippen MR) is 63.0 cm³/mol. The minimum absolute atomic E-state index is 0.143. The molecule has 1 aromatic rings. The van der Waals surface area contributed by atoms with Gasteiger partial charge in [0.2, 0.25) is 0 Å². The van der Waals surface area contributed by atoms with Crippen molar-refractivity contribution < 1.29 is 13.2 Å². The highest BCUT2D eigenvalue weighted by molar-refractivity contribution is 5.53. The molecule has 0 bridgehead atoms. The van der Waals surface area contributed by atoms with Gasteiger partial charge in [-0.15, -0.1) is 0 Å². The molecule has 0 radical (unpaired) electrons. The van der Waals surface area contributed by atoms with Crippen molar-refractivity contribution in [1.82, 2.24) is 0 Å². The van der Waals surface area contributed by atoms with E-state index < -0.39 is 6.43 Å². The van der Waals surface area contributed by atoms with E-state index in [1.54, 1.807) is 14.0 Å². The summed E-state index contributed by atoms with van der Waals surface area (Å²) in [6.45, 7) is 1.42. The third-order valence-electron chi connectivity index (χ3n) is 2.41.